The summed E-state index contributed by atoms with van der Waals surface area (Å²) < 4.78 is 0. The molecule has 0 aliphatic heterocycles. The molecule has 0 rings (SSSR count). The summed E-state index contributed by atoms with van der Waals surface area (Å²) in [5, 5.41) is 8.56. The fourth-order valence-electron chi connectivity index (χ4n) is 1.01. The van der Waals surface area contributed by atoms with Crippen LogP contribution in [0, 0.1) is 23.3 Å². The van der Waals surface area contributed by atoms with E-state index in [9.17, 15) is 0 Å². The number of hydrogen-bond acceptors (Lipinski definition) is 1. The SMILES string of the molecule is C[Si](C)(C)C#CCC#CCCCCCO. The molecule has 0 heterocycles. The third-order valence-electron chi connectivity index (χ3n) is 1.73. The maximum atomic E-state index is 8.56. The van der Waals surface area contributed by atoms with Gasteiger partial charge in [-0.25, -0.2) is 0 Å². The zero-order valence-electron chi connectivity index (χ0n) is 10.2. The van der Waals surface area contributed by atoms with Gasteiger partial charge in [0.05, 0.1) is 6.42 Å². The second-order valence-electron chi connectivity index (χ2n) is 4.62. The Morgan fingerprint density at radius 1 is 0.933 bits per heavy atom. The van der Waals surface area contributed by atoms with E-state index in [-0.39, 0.29) is 0 Å². The molecular weight excluding hydrogens is 200 g/mol. The normalized spacial score (nSPS) is 9.87. The first-order valence-electron chi connectivity index (χ1n) is 5.63. The van der Waals surface area contributed by atoms with Crippen molar-refractivity contribution in [3.05, 3.63) is 0 Å². The lowest BCUT2D eigenvalue weighted by Gasteiger charge is -2.02. The Labute approximate surface area is 95.3 Å². The van der Waals surface area contributed by atoms with Crippen molar-refractivity contribution in [1.29, 1.82) is 0 Å². The number of hydrogen-bond donors (Lipinski definition) is 1. The Morgan fingerprint density at radius 2 is 1.67 bits per heavy atom. The Morgan fingerprint density at radius 3 is 2.27 bits per heavy atom. The van der Waals surface area contributed by atoms with E-state index in [1.165, 1.54) is 0 Å². The van der Waals surface area contributed by atoms with Gasteiger partial charge in [0.2, 0.25) is 0 Å². The molecule has 0 saturated heterocycles. The maximum Gasteiger partial charge on any atom is 0.129 e. The molecule has 1 nitrogen and oxygen atoms in total. The van der Waals surface area contributed by atoms with E-state index in [4.69, 9.17) is 5.11 Å². The largest absolute Gasteiger partial charge is 0.396 e. The van der Waals surface area contributed by atoms with Crippen molar-refractivity contribution in [2.45, 2.75) is 51.7 Å². The molecule has 0 aromatic rings. The Kier molecular flexibility index (Phi) is 8.19. The van der Waals surface area contributed by atoms with Crippen molar-refractivity contribution < 1.29 is 5.11 Å². The topological polar surface area (TPSA) is 20.2 Å². The summed E-state index contributed by atoms with van der Waals surface area (Å²) in [5.74, 6) is 9.31. The molecule has 84 valence electrons. The minimum Gasteiger partial charge on any atom is -0.396 e. The van der Waals surface area contributed by atoms with Crippen molar-refractivity contribution in [3.63, 3.8) is 0 Å². The van der Waals surface area contributed by atoms with Gasteiger partial charge in [-0.05, 0) is 12.8 Å². The van der Waals surface area contributed by atoms with Crippen molar-refractivity contribution in [2.24, 2.45) is 0 Å². The predicted molar refractivity (Wildman–Crippen MR) is 69.1 cm³/mol. The summed E-state index contributed by atoms with van der Waals surface area (Å²) in [6.07, 6.45) is 4.72. The molecule has 15 heavy (non-hydrogen) atoms. The Hall–Kier alpha value is -0.703. The summed E-state index contributed by atoms with van der Waals surface area (Å²) in [6.45, 7) is 7.02. The first kappa shape index (κ1) is 14.3. The lowest BCUT2D eigenvalue weighted by atomic mass is 10.2. The summed E-state index contributed by atoms with van der Waals surface area (Å²) >= 11 is 0. The van der Waals surface area contributed by atoms with Crippen LogP contribution in [0.2, 0.25) is 19.6 Å². The molecule has 0 aromatic heterocycles. The molecule has 2 heteroatoms. The van der Waals surface area contributed by atoms with Gasteiger partial charge in [-0.2, -0.15) is 0 Å². The van der Waals surface area contributed by atoms with Gasteiger partial charge in [0, 0.05) is 13.0 Å². The number of aliphatic hydroxyl groups excluding tert-OH is 1. The molecule has 0 aliphatic carbocycles. The number of aliphatic hydroxyl groups is 1. The number of unbranched alkanes of at least 4 members (excludes halogenated alkanes) is 3. The lowest BCUT2D eigenvalue weighted by Crippen LogP contribution is -2.16. The average Bonchev–Trinajstić information content (AvgIpc) is 2.14. The molecular formula is C13H22OSi. The van der Waals surface area contributed by atoms with Crippen molar-refractivity contribution in [3.8, 4) is 23.3 Å². The number of rotatable bonds is 4. The van der Waals surface area contributed by atoms with Gasteiger partial charge >= 0.3 is 0 Å². The lowest BCUT2D eigenvalue weighted by molar-refractivity contribution is 0.283. The van der Waals surface area contributed by atoms with Crippen LogP contribution in [0.1, 0.15) is 32.1 Å². The Balaban J connectivity index is 3.50. The molecule has 0 aliphatic rings. The first-order chi connectivity index (χ1) is 7.06. The fourth-order valence-corrected chi connectivity index (χ4v) is 1.63. The van der Waals surface area contributed by atoms with Crippen LogP contribution in [0.25, 0.3) is 0 Å². The molecule has 0 unspecified atom stereocenters. The van der Waals surface area contributed by atoms with E-state index < -0.39 is 8.07 Å². The van der Waals surface area contributed by atoms with Crippen LogP contribution in [-0.4, -0.2) is 19.8 Å². The zero-order chi connectivity index (χ0) is 11.6. The third kappa shape index (κ3) is 13.3. The van der Waals surface area contributed by atoms with Crippen LogP contribution in [-0.2, 0) is 0 Å². The first-order valence-corrected chi connectivity index (χ1v) is 9.13. The monoisotopic (exact) mass is 222 g/mol. The van der Waals surface area contributed by atoms with Crippen LogP contribution in [0.3, 0.4) is 0 Å². The molecule has 0 spiro atoms. The minimum atomic E-state index is -1.20. The smallest absolute Gasteiger partial charge is 0.129 e. The Bertz CT molecular complexity index is 267. The zero-order valence-corrected chi connectivity index (χ0v) is 11.2. The van der Waals surface area contributed by atoms with E-state index in [1.807, 2.05) is 0 Å². The summed E-state index contributed by atoms with van der Waals surface area (Å²) in [6, 6.07) is 0. The van der Waals surface area contributed by atoms with Crippen molar-refractivity contribution in [2.75, 3.05) is 6.61 Å². The van der Waals surface area contributed by atoms with Gasteiger partial charge in [0.15, 0.2) is 0 Å². The highest BCUT2D eigenvalue weighted by atomic mass is 28.3. The molecule has 1 N–H and O–H groups in total. The second-order valence-corrected chi connectivity index (χ2v) is 9.37. The van der Waals surface area contributed by atoms with Gasteiger partial charge < -0.3 is 5.11 Å². The van der Waals surface area contributed by atoms with Crippen molar-refractivity contribution in [1.82, 2.24) is 0 Å². The molecule has 0 radical (unpaired) electrons. The molecule has 0 fully saturated rings. The van der Waals surface area contributed by atoms with E-state index >= 15 is 0 Å². The molecule has 0 amide bonds. The quantitative estimate of drug-likeness (QED) is 0.440. The van der Waals surface area contributed by atoms with E-state index in [1.54, 1.807) is 0 Å². The highest BCUT2D eigenvalue weighted by Crippen LogP contribution is 1.98. The van der Waals surface area contributed by atoms with E-state index in [0.29, 0.717) is 13.0 Å². The molecule has 0 bridgehead atoms. The van der Waals surface area contributed by atoms with Gasteiger partial charge in [-0.15, -0.1) is 11.5 Å². The van der Waals surface area contributed by atoms with Gasteiger partial charge in [0.25, 0.3) is 0 Å². The molecule has 0 atom stereocenters. The minimum absolute atomic E-state index is 0.301. The van der Waals surface area contributed by atoms with E-state index in [0.717, 1.165) is 25.7 Å². The summed E-state index contributed by atoms with van der Waals surface area (Å²) in [7, 11) is -1.20. The van der Waals surface area contributed by atoms with Crippen LogP contribution >= 0.6 is 0 Å². The average molecular weight is 222 g/mol. The standard InChI is InChI=1S/C13H22OSi/c1-15(2,3)13-11-9-7-5-4-6-8-10-12-14/h14H,4,6,8-10,12H2,1-3H3. The highest BCUT2D eigenvalue weighted by molar-refractivity contribution is 6.83. The van der Waals surface area contributed by atoms with Crippen LogP contribution in [0.5, 0.6) is 0 Å². The third-order valence-corrected chi connectivity index (χ3v) is 2.65. The maximum absolute atomic E-state index is 8.56. The molecule has 0 aromatic carbocycles. The fraction of sp³-hybridized carbons (Fsp3) is 0.692. The second kappa shape index (κ2) is 8.59. The van der Waals surface area contributed by atoms with Crippen molar-refractivity contribution >= 4 is 8.07 Å². The van der Waals surface area contributed by atoms with Gasteiger partial charge in [-0.3, -0.25) is 0 Å². The van der Waals surface area contributed by atoms with Crippen LogP contribution < -0.4 is 0 Å². The van der Waals surface area contributed by atoms with Crippen LogP contribution in [0.4, 0.5) is 0 Å². The highest BCUT2D eigenvalue weighted by Gasteiger charge is 2.06. The summed E-state index contributed by atoms with van der Waals surface area (Å²) in [4.78, 5) is 0. The van der Waals surface area contributed by atoms with Gasteiger partial charge in [0.1, 0.15) is 8.07 Å². The van der Waals surface area contributed by atoms with Crippen LogP contribution in [0.15, 0.2) is 0 Å². The summed E-state index contributed by atoms with van der Waals surface area (Å²) in [5.41, 5.74) is 3.29. The van der Waals surface area contributed by atoms with Gasteiger partial charge in [-0.1, -0.05) is 37.9 Å². The molecule has 0 saturated carbocycles. The predicted octanol–water partition coefficient (Wildman–Crippen LogP) is 2.81. The van der Waals surface area contributed by atoms with E-state index in [2.05, 4.69) is 42.9 Å².